The summed E-state index contributed by atoms with van der Waals surface area (Å²) in [5, 5.41) is 12.0. The lowest BCUT2D eigenvalue weighted by atomic mass is 10.4. The Morgan fingerprint density at radius 2 is 2.27 bits per heavy atom. The molecule has 1 aromatic rings. The van der Waals surface area contributed by atoms with Crippen molar-refractivity contribution >= 4 is 16.5 Å². The Kier molecular flexibility index (Phi) is 3.94. The molecule has 0 saturated carbocycles. The first-order chi connectivity index (χ1) is 7.40. The molecule has 84 valence electrons. The van der Waals surface area contributed by atoms with E-state index >= 15 is 0 Å². The van der Waals surface area contributed by atoms with Gasteiger partial charge in [0.15, 0.2) is 5.13 Å². The van der Waals surface area contributed by atoms with E-state index in [1.165, 1.54) is 0 Å². The number of hydrogen-bond donors (Lipinski definition) is 1. The van der Waals surface area contributed by atoms with Gasteiger partial charge in [0.25, 0.3) is 0 Å². The maximum Gasteiger partial charge on any atom is 0.185 e. The summed E-state index contributed by atoms with van der Waals surface area (Å²) in [5.74, 6) is 0. The molecule has 1 aliphatic rings. The number of thiazole rings is 1. The summed E-state index contributed by atoms with van der Waals surface area (Å²) >= 11 is 1.70. The summed E-state index contributed by atoms with van der Waals surface area (Å²) in [6.07, 6.45) is 3.01. The normalized spacial score (nSPS) is 19.1. The highest BCUT2D eigenvalue weighted by atomic mass is 32.1. The zero-order chi connectivity index (χ0) is 10.5. The van der Waals surface area contributed by atoms with Crippen LogP contribution >= 0.6 is 11.3 Å². The molecule has 1 aromatic heterocycles. The molecule has 0 bridgehead atoms. The fraction of sp³-hybridized carbons (Fsp3) is 0.700. The van der Waals surface area contributed by atoms with Crippen molar-refractivity contribution in [1.82, 2.24) is 9.88 Å². The van der Waals surface area contributed by atoms with E-state index < -0.39 is 0 Å². The van der Waals surface area contributed by atoms with Crippen molar-refractivity contribution in [2.45, 2.75) is 6.42 Å². The summed E-state index contributed by atoms with van der Waals surface area (Å²) in [5.41, 5.74) is 0. The summed E-state index contributed by atoms with van der Waals surface area (Å²) < 4.78 is 0. The van der Waals surface area contributed by atoms with E-state index in [0.717, 1.165) is 44.3 Å². The topological polar surface area (TPSA) is 39.6 Å². The van der Waals surface area contributed by atoms with Gasteiger partial charge in [-0.1, -0.05) is 0 Å². The largest absolute Gasteiger partial charge is 0.395 e. The second-order valence-electron chi connectivity index (χ2n) is 3.72. The molecule has 0 amide bonds. The smallest absolute Gasteiger partial charge is 0.185 e. The summed E-state index contributed by atoms with van der Waals surface area (Å²) in [6.45, 7) is 5.27. The van der Waals surface area contributed by atoms with Crippen LogP contribution in [0.25, 0.3) is 0 Å². The van der Waals surface area contributed by atoms with Crippen molar-refractivity contribution in [2.24, 2.45) is 0 Å². The van der Waals surface area contributed by atoms with Crippen LogP contribution < -0.4 is 4.90 Å². The molecule has 0 spiro atoms. The zero-order valence-corrected chi connectivity index (χ0v) is 9.62. The molecule has 15 heavy (non-hydrogen) atoms. The van der Waals surface area contributed by atoms with Crippen LogP contribution in [0.15, 0.2) is 11.6 Å². The van der Waals surface area contributed by atoms with Crippen LogP contribution in [0.1, 0.15) is 6.42 Å². The van der Waals surface area contributed by atoms with Crippen LogP contribution in [-0.2, 0) is 0 Å². The van der Waals surface area contributed by atoms with Crippen molar-refractivity contribution in [3.05, 3.63) is 11.6 Å². The summed E-state index contributed by atoms with van der Waals surface area (Å²) in [6, 6.07) is 0. The highest BCUT2D eigenvalue weighted by molar-refractivity contribution is 7.13. The maximum absolute atomic E-state index is 8.89. The molecule has 2 heterocycles. The lowest BCUT2D eigenvalue weighted by Crippen LogP contribution is -2.32. The van der Waals surface area contributed by atoms with E-state index in [0.29, 0.717) is 0 Å². The van der Waals surface area contributed by atoms with Gasteiger partial charge in [-0.15, -0.1) is 11.3 Å². The number of hydrogen-bond acceptors (Lipinski definition) is 5. The molecule has 4 nitrogen and oxygen atoms in total. The van der Waals surface area contributed by atoms with Gasteiger partial charge in [0.1, 0.15) is 0 Å². The van der Waals surface area contributed by atoms with Crippen molar-refractivity contribution < 1.29 is 5.11 Å². The average Bonchev–Trinajstić information content (AvgIpc) is 2.67. The lowest BCUT2D eigenvalue weighted by molar-refractivity contribution is 0.204. The van der Waals surface area contributed by atoms with Crippen LogP contribution in [0.3, 0.4) is 0 Å². The molecule has 0 atom stereocenters. The van der Waals surface area contributed by atoms with E-state index in [1.807, 2.05) is 11.6 Å². The predicted molar refractivity (Wildman–Crippen MR) is 62.5 cm³/mol. The first-order valence-electron chi connectivity index (χ1n) is 5.38. The SMILES string of the molecule is OCCN1CCCN(c2nccs2)CC1. The highest BCUT2D eigenvalue weighted by Gasteiger charge is 2.15. The van der Waals surface area contributed by atoms with Crippen molar-refractivity contribution in [2.75, 3.05) is 44.2 Å². The standard InChI is InChI=1S/C10H17N3OS/c14-8-7-12-3-1-4-13(6-5-12)10-11-2-9-15-10/h2,9,14H,1,3-8H2. The minimum Gasteiger partial charge on any atom is -0.395 e. The molecular weight excluding hydrogens is 210 g/mol. The van der Waals surface area contributed by atoms with Gasteiger partial charge in [0.2, 0.25) is 0 Å². The molecule has 5 heteroatoms. The molecule has 0 aromatic carbocycles. The highest BCUT2D eigenvalue weighted by Crippen LogP contribution is 2.18. The van der Waals surface area contributed by atoms with Gasteiger partial charge in [-0.05, 0) is 13.0 Å². The quantitative estimate of drug-likeness (QED) is 0.823. The summed E-state index contributed by atoms with van der Waals surface area (Å²) in [7, 11) is 0. The number of aliphatic hydroxyl groups excluding tert-OH is 1. The van der Waals surface area contributed by atoms with E-state index in [1.54, 1.807) is 11.3 Å². The Morgan fingerprint density at radius 3 is 3.00 bits per heavy atom. The number of rotatable bonds is 3. The van der Waals surface area contributed by atoms with Gasteiger partial charge < -0.3 is 10.0 Å². The van der Waals surface area contributed by atoms with Crippen LogP contribution in [0.2, 0.25) is 0 Å². The van der Waals surface area contributed by atoms with E-state index in [9.17, 15) is 0 Å². The van der Waals surface area contributed by atoms with Crippen LogP contribution in [0.4, 0.5) is 5.13 Å². The third-order valence-electron chi connectivity index (χ3n) is 2.69. The zero-order valence-electron chi connectivity index (χ0n) is 8.80. The van der Waals surface area contributed by atoms with Crippen molar-refractivity contribution in [3.8, 4) is 0 Å². The maximum atomic E-state index is 8.89. The summed E-state index contributed by atoms with van der Waals surface area (Å²) in [4.78, 5) is 8.98. The first-order valence-corrected chi connectivity index (χ1v) is 6.26. The monoisotopic (exact) mass is 227 g/mol. The number of nitrogens with zero attached hydrogens (tertiary/aromatic N) is 3. The van der Waals surface area contributed by atoms with Gasteiger partial charge in [-0.25, -0.2) is 4.98 Å². The van der Waals surface area contributed by atoms with Crippen molar-refractivity contribution in [1.29, 1.82) is 0 Å². The number of aromatic nitrogens is 1. The Hall–Kier alpha value is -0.650. The Balaban J connectivity index is 1.90. The predicted octanol–water partition coefficient (Wildman–Crippen LogP) is 0.647. The Bertz CT molecular complexity index is 278. The van der Waals surface area contributed by atoms with Crippen LogP contribution in [0.5, 0.6) is 0 Å². The van der Waals surface area contributed by atoms with Crippen LogP contribution in [0, 0.1) is 0 Å². The molecule has 0 radical (unpaired) electrons. The Labute approximate surface area is 94.2 Å². The Morgan fingerprint density at radius 1 is 1.33 bits per heavy atom. The minimum absolute atomic E-state index is 0.261. The molecule has 0 aliphatic carbocycles. The van der Waals surface area contributed by atoms with Crippen molar-refractivity contribution in [3.63, 3.8) is 0 Å². The fourth-order valence-corrected chi connectivity index (χ4v) is 2.60. The molecule has 0 unspecified atom stereocenters. The lowest BCUT2D eigenvalue weighted by Gasteiger charge is -2.20. The third-order valence-corrected chi connectivity index (χ3v) is 3.53. The number of aliphatic hydroxyl groups is 1. The average molecular weight is 227 g/mol. The van der Waals surface area contributed by atoms with Gasteiger partial charge in [0, 0.05) is 37.8 Å². The van der Waals surface area contributed by atoms with E-state index in [4.69, 9.17) is 5.11 Å². The second kappa shape index (κ2) is 5.44. The minimum atomic E-state index is 0.261. The molecule has 1 fully saturated rings. The van der Waals surface area contributed by atoms with E-state index in [2.05, 4.69) is 14.8 Å². The third kappa shape index (κ3) is 2.90. The number of anilines is 1. The fourth-order valence-electron chi connectivity index (χ4n) is 1.90. The molecule has 1 N–H and O–H groups in total. The van der Waals surface area contributed by atoms with Gasteiger partial charge in [-0.3, -0.25) is 4.90 Å². The van der Waals surface area contributed by atoms with Crippen LogP contribution in [-0.4, -0.2) is 54.3 Å². The van der Waals surface area contributed by atoms with Gasteiger partial charge in [0.05, 0.1) is 6.61 Å². The second-order valence-corrected chi connectivity index (χ2v) is 4.59. The molecule has 2 rings (SSSR count). The first kappa shape index (κ1) is 10.9. The van der Waals surface area contributed by atoms with Gasteiger partial charge >= 0.3 is 0 Å². The van der Waals surface area contributed by atoms with E-state index in [-0.39, 0.29) is 6.61 Å². The van der Waals surface area contributed by atoms with Gasteiger partial charge in [-0.2, -0.15) is 0 Å². The number of β-amino-alcohol motifs (C(OH)–C–C–N with tert-alkyl or cyclic N) is 1. The molecule has 1 aliphatic heterocycles. The molecule has 1 saturated heterocycles. The molecular formula is C10H17N3OS.